The van der Waals surface area contributed by atoms with Crippen molar-refractivity contribution in [1.29, 1.82) is 0 Å². The third-order valence-electron chi connectivity index (χ3n) is 6.43. The standard InChI is InChI=1S/C24H36N4O6/c1-17(29)26-18(15-34-23(2,3)4)22(32)28-12-9-24(16-28)7-10-27(11-8-24)20(30)14-25-21(31)19-6-5-13-33-19/h5-6,13,18H,7-12,14-16H2,1-4H3,(H,25,31)(H,26,29)/t18-/m0/s1. The van der Waals surface area contributed by atoms with Crippen LogP contribution in [0.15, 0.2) is 22.8 Å². The summed E-state index contributed by atoms with van der Waals surface area (Å²) < 4.78 is 10.8. The monoisotopic (exact) mass is 476 g/mol. The van der Waals surface area contributed by atoms with E-state index in [4.69, 9.17) is 9.15 Å². The molecule has 34 heavy (non-hydrogen) atoms. The molecule has 188 valence electrons. The summed E-state index contributed by atoms with van der Waals surface area (Å²) in [5.74, 6) is -0.774. The maximum Gasteiger partial charge on any atom is 0.287 e. The van der Waals surface area contributed by atoms with Gasteiger partial charge in [-0.2, -0.15) is 0 Å². The van der Waals surface area contributed by atoms with E-state index in [0.29, 0.717) is 26.2 Å². The zero-order valence-corrected chi connectivity index (χ0v) is 20.5. The molecule has 1 aromatic heterocycles. The van der Waals surface area contributed by atoms with Crippen molar-refractivity contribution in [3.05, 3.63) is 24.2 Å². The van der Waals surface area contributed by atoms with Crippen molar-refractivity contribution in [1.82, 2.24) is 20.4 Å². The number of nitrogens with one attached hydrogen (secondary N) is 2. The summed E-state index contributed by atoms with van der Waals surface area (Å²) in [5.41, 5.74) is -0.449. The van der Waals surface area contributed by atoms with Gasteiger partial charge in [-0.05, 0) is 57.6 Å². The quantitative estimate of drug-likeness (QED) is 0.609. The van der Waals surface area contributed by atoms with Crippen LogP contribution in [-0.2, 0) is 19.1 Å². The molecule has 1 atom stereocenters. The molecular formula is C24H36N4O6. The van der Waals surface area contributed by atoms with E-state index in [2.05, 4.69) is 10.6 Å². The summed E-state index contributed by atoms with van der Waals surface area (Å²) in [6.45, 7) is 9.55. The first-order valence-corrected chi connectivity index (χ1v) is 11.8. The van der Waals surface area contributed by atoms with E-state index in [9.17, 15) is 19.2 Å². The fourth-order valence-electron chi connectivity index (χ4n) is 4.50. The number of rotatable bonds is 7. The van der Waals surface area contributed by atoms with E-state index in [-0.39, 0.29) is 42.0 Å². The fourth-order valence-corrected chi connectivity index (χ4v) is 4.50. The Morgan fingerprint density at radius 2 is 1.76 bits per heavy atom. The van der Waals surface area contributed by atoms with Gasteiger partial charge < -0.3 is 29.6 Å². The summed E-state index contributed by atoms with van der Waals surface area (Å²) >= 11 is 0. The Morgan fingerprint density at radius 1 is 1.12 bits per heavy atom. The highest BCUT2D eigenvalue weighted by atomic mass is 16.5. The van der Waals surface area contributed by atoms with Crippen molar-refractivity contribution >= 4 is 23.6 Å². The molecule has 10 heteroatoms. The molecule has 1 aromatic rings. The fraction of sp³-hybridized carbons (Fsp3) is 0.667. The summed E-state index contributed by atoms with van der Waals surface area (Å²) in [5, 5.41) is 5.32. The van der Waals surface area contributed by atoms with Gasteiger partial charge in [0.25, 0.3) is 5.91 Å². The minimum absolute atomic E-state index is 0.0322. The van der Waals surface area contributed by atoms with Crippen LogP contribution in [0.5, 0.6) is 0 Å². The van der Waals surface area contributed by atoms with Gasteiger partial charge >= 0.3 is 0 Å². The number of carbonyl (C=O) groups is 4. The molecule has 0 aliphatic carbocycles. The van der Waals surface area contributed by atoms with Gasteiger partial charge in [0.15, 0.2) is 5.76 Å². The van der Waals surface area contributed by atoms with Crippen LogP contribution in [-0.4, -0.2) is 84.4 Å². The highest BCUT2D eigenvalue weighted by molar-refractivity contribution is 5.94. The van der Waals surface area contributed by atoms with Crippen LogP contribution in [0.4, 0.5) is 0 Å². The normalized spacial score (nSPS) is 18.6. The minimum Gasteiger partial charge on any atom is -0.459 e. The summed E-state index contributed by atoms with van der Waals surface area (Å²) in [7, 11) is 0. The first-order valence-electron chi connectivity index (χ1n) is 11.8. The number of furan rings is 1. The van der Waals surface area contributed by atoms with E-state index in [1.165, 1.54) is 13.2 Å². The van der Waals surface area contributed by atoms with Crippen LogP contribution in [0.3, 0.4) is 0 Å². The number of amides is 4. The van der Waals surface area contributed by atoms with Gasteiger partial charge in [0, 0.05) is 33.1 Å². The molecule has 0 aromatic carbocycles. The molecule has 2 aliphatic heterocycles. The number of carbonyl (C=O) groups excluding carboxylic acids is 4. The molecule has 2 aliphatic rings. The second-order valence-corrected chi connectivity index (χ2v) is 10.2. The Bertz CT molecular complexity index is 884. The third kappa shape index (κ3) is 6.82. The second kappa shape index (κ2) is 10.6. The summed E-state index contributed by atoms with van der Waals surface area (Å²) in [6.07, 6.45) is 3.85. The van der Waals surface area contributed by atoms with Crippen molar-refractivity contribution in [3.63, 3.8) is 0 Å². The highest BCUT2D eigenvalue weighted by Gasteiger charge is 2.44. The lowest BCUT2D eigenvalue weighted by Crippen LogP contribution is -2.52. The smallest absolute Gasteiger partial charge is 0.287 e. The Morgan fingerprint density at radius 3 is 2.32 bits per heavy atom. The van der Waals surface area contributed by atoms with Crippen LogP contribution in [0.25, 0.3) is 0 Å². The summed E-state index contributed by atoms with van der Waals surface area (Å²) in [6, 6.07) is 2.45. The van der Waals surface area contributed by atoms with E-state index >= 15 is 0 Å². The highest BCUT2D eigenvalue weighted by Crippen LogP contribution is 2.40. The molecule has 0 unspecified atom stereocenters. The molecule has 10 nitrogen and oxygen atoms in total. The molecule has 1 spiro atoms. The first kappa shape index (κ1) is 25.7. The Hall–Kier alpha value is -2.88. The van der Waals surface area contributed by atoms with Crippen LogP contribution >= 0.6 is 0 Å². The topological polar surface area (TPSA) is 121 Å². The molecule has 2 saturated heterocycles. The number of hydrogen-bond donors (Lipinski definition) is 2. The largest absolute Gasteiger partial charge is 0.459 e. The molecule has 0 radical (unpaired) electrons. The van der Waals surface area contributed by atoms with Crippen LogP contribution in [0.1, 0.15) is 57.5 Å². The molecule has 2 N–H and O–H groups in total. The third-order valence-corrected chi connectivity index (χ3v) is 6.43. The van der Waals surface area contributed by atoms with Gasteiger partial charge in [0.2, 0.25) is 17.7 Å². The predicted molar refractivity (Wildman–Crippen MR) is 124 cm³/mol. The molecule has 0 bridgehead atoms. The van der Waals surface area contributed by atoms with Gasteiger partial charge in [0.1, 0.15) is 6.04 Å². The summed E-state index contributed by atoms with van der Waals surface area (Å²) in [4.78, 5) is 52.9. The number of likely N-dealkylation sites (tertiary alicyclic amines) is 2. The first-order chi connectivity index (χ1) is 16.0. The SMILES string of the molecule is CC(=O)N[C@@H](COC(C)(C)C)C(=O)N1CCC2(CCN(C(=O)CNC(=O)c3ccco3)CC2)C1. The molecule has 2 fully saturated rings. The average Bonchev–Trinajstić information content (AvgIpc) is 3.45. The van der Waals surface area contributed by atoms with Crippen LogP contribution in [0.2, 0.25) is 0 Å². The van der Waals surface area contributed by atoms with Crippen molar-refractivity contribution in [2.45, 2.75) is 58.6 Å². The number of ether oxygens (including phenoxy) is 1. The van der Waals surface area contributed by atoms with Gasteiger partial charge in [-0.25, -0.2) is 0 Å². The average molecular weight is 477 g/mol. The molecular weight excluding hydrogens is 440 g/mol. The molecule has 3 rings (SSSR count). The van der Waals surface area contributed by atoms with Gasteiger partial charge in [-0.15, -0.1) is 0 Å². The van der Waals surface area contributed by atoms with Gasteiger partial charge in [-0.1, -0.05) is 0 Å². The Balaban J connectivity index is 1.49. The number of hydrogen-bond acceptors (Lipinski definition) is 6. The van der Waals surface area contributed by atoms with Crippen LogP contribution in [0, 0.1) is 5.41 Å². The van der Waals surface area contributed by atoms with Gasteiger partial charge in [0.05, 0.1) is 25.0 Å². The molecule has 0 saturated carbocycles. The van der Waals surface area contributed by atoms with Crippen LogP contribution < -0.4 is 10.6 Å². The lowest BCUT2D eigenvalue weighted by molar-refractivity contribution is -0.139. The zero-order chi connectivity index (χ0) is 24.9. The molecule has 4 amide bonds. The van der Waals surface area contributed by atoms with Gasteiger partial charge in [-0.3, -0.25) is 19.2 Å². The van der Waals surface area contributed by atoms with E-state index < -0.39 is 17.6 Å². The van der Waals surface area contributed by atoms with Crippen molar-refractivity contribution in [2.24, 2.45) is 5.41 Å². The maximum absolute atomic E-state index is 13.2. The number of nitrogens with zero attached hydrogens (tertiary/aromatic N) is 2. The lowest BCUT2D eigenvalue weighted by atomic mass is 9.78. The van der Waals surface area contributed by atoms with E-state index in [1.807, 2.05) is 25.7 Å². The Kier molecular flexibility index (Phi) is 8.01. The van der Waals surface area contributed by atoms with E-state index in [0.717, 1.165) is 19.3 Å². The zero-order valence-electron chi connectivity index (χ0n) is 20.5. The number of piperidine rings is 1. The van der Waals surface area contributed by atoms with Crippen molar-refractivity contribution < 1.29 is 28.3 Å². The maximum atomic E-state index is 13.2. The van der Waals surface area contributed by atoms with Crippen molar-refractivity contribution in [2.75, 3.05) is 39.3 Å². The minimum atomic E-state index is -0.716. The second-order valence-electron chi connectivity index (χ2n) is 10.2. The lowest BCUT2D eigenvalue weighted by Gasteiger charge is -2.39. The predicted octanol–water partition coefficient (Wildman–Crippen LogP) is 1.17. The molecule has 3 heterocycles. The van der Waals surface area contributed by atoms with Crippen molar-refractivity contribution in [3.8, 4) is 0 Å². The Labute approximate surface area is 200 Å². The van der Waals surface area contributed by atoms with E-state index in [1.54, 1.807) is 17.0 Å².